The summed E-state index contributed by atoms with van der Waals surface area (Å²) in [5.41, 5.74) is 0.123. The molecule has 1 rings (SSSR count). The third kappa shape index (κ3) is 2.68. The molecule has 0 radical (unpaired) electrons. The zero-order chi connectivity index (χ0) is 13.6. The van der Waals surface area contributed by atoms with Crippen LogP contribution in [0.3, 0.4) is 0 Å². The van der Waals surface area contributed by atoms with Gasteiger partial charge in [0.15, 0.2) is 0 Å². The standard InChI is InChI=1S/C14H19ClO2/c1-13(2,3)8-7-9(15)10(14(4,5)6)12(17)11(8)16/h7H,1-6H3. The van der Waals surface area contributed by atoms with Gasteiger partial charge in [0.2, 0.25) is 11.6 Å². The maximum atomic E-state index is 12.1. The van der Waals surface area contributed by atoms with Gasteiger partial charge in [-0.1, -0.05) is 53.1 Å². The minimum absolute atomic E-state index is 0.365. The van der Waals surface area contributed by atoms with Crippen LogP contribution in [0.25, 0.3) is 0 Å². The summed E-state index contributed by atoms with van der Waals surface area (Å²) in [5, 5.41) is 0.395. The van der Waals surface area contributed by atoms with Crippen molar-refractivity contribution >= 4 is 23.2 Å². The molecule has 17 heavy (non-hydrogen) atoms. The summed E-state index contributed by atoms with van der Waals surface area (Å²) < 4.78 is 0. The molecule has 0 aromatic heterocycles. The fourth-order valence-electron chi connectivity index (χ4n) is 1.86. The highest BCUT2D eigenvalue weighted by Gasteiger charge is 2.38. The van der Waals surface area contributed by atoms with Gasteiger partial charge in [-0.15, -0.1) is 0 Å². The highest BCUT2D eigenvalue weighted by Crippen LogP contribution is 2.39. The van der Waals surface area contributed by atoms with Crippen molar-refractivity contribution in [3.63, 3.8) is 0 Å². The van der Waals surface area contributed by atoms with E-state index in [1.54, 1.807) is 6.08 Å². The van der Waals surface area contributed by atoms with E-state index in [9.17, 15) is 9.59 Å². The molecule has 0 heterocycles. The lowest BCUT2D eigenvalue weighted by atomic mass is 9.74. The number of rotatable bonds is 0. The molecule has 0 unspecified atom stereocenters. The molecule has 1 aliphatic carbocycles. The lowest BCUT2D eigenvalue weighted by molar-refractivity contribution is -0.133. The first-order chi connectivity index (χ1) is 7.46. The summed E-state index contributed by atoms with van der Waals surface area (Å²) >= 11 is 6.16. The van der Waals surface area contributed by atoms with Gasteiger partial charge in [-0.25, -0.2) is 0 Å². The van der Waals surface area contributed by atoms with Crippen molar-refractivity contribution in [3.05, 3.63) is 22.3 Å². The van der Waals surface area contributed by atoms with Crippen molar-refractivity contribution in [3.8, 4) is 0 Å². The number of Topliss-reactive ketones (excluding diaryl/α,β-unsaturated/α-hetero) is 2. The third-order valence-corrected chi connectivity index (χ3v) is 3.04. The van der Waals surface area contributed by atoms with E-state index in [2.05, 4.69) is 0 Å². The van der Waals surface area contributed by atoms with Crippen LogP contribution in [0.4, 0.5) is 0 Å². The second-order valence-corrected chi connectivity index (χ2v) is 6.85. The largest absolute Gasteiger partial charge is 0.285 e. The molecule has 0 saturated carbocycles. The Bertz CT molecular complexity index is 440. The summed E-state index contributed by atoms with van der Waals surface area (Å²) in [4.78, 5) is 24.2. The zero-order valence-electron chi connectivity index (χ0n) is 11.3. The predicted octanol–water partition coefficient (Wildman–Crippen LogP) is 3.65. The Morgan fingerprint density at radius 1 is 0.882 bits per heavy atom. The summed E-state index contributed by atoms with van der Waals surface area (Å²) in [6.07, 6.45) is 1.64. The molecule has 0 aromatic rings. The van der Waals surface area contributed by atoms with Crippen molar-refractivity contribution in [2.45, 2.75) is 41.5 Å². The molecular weight excluding hydrogens is 236 g/mol. The van der Waals surface area contributed by atoms with Crippen LogP contribution in [0, 0.1) is 10.8 Å². The SMILES string of the molecule is CC(C)(C)C1=CC(Cl)=C(C(C)(C)C)C(=O)C1=O. The fraction of sp³-hybridized carbons (Fsp3) is 0.571. The first-order valence-corrected chi connectivity index (χ1v) is 6.05. The molecule has 0 amide bonds. The first-order valence-electron chi connectivity index (χ1n) is 5.67. The van der Waals surface area contributed by atoms with Gasteiger partial charge < -0.3 is 0 Å². The highest BCUT2D eigenvalue weighted by atomic mass is 35.5. The Kier molecular flexibility index (Phi) is 3.41. The average molecular weight is 255 g/mol. The number of hydrogen-bond donors (Lipinski definition) is 0. The van der Waals surface area contributed by atoms with Crippen molar-refractivity contribution in [1.29, 1.82) is 0 Å². The van der Waals surface area contributed by atoms with Gasteiger partial charge >= 0.3 is 0 Å². The molecule has 0 aliphatic heterocycles. The Hall–Kier alpha value is -0.890. The van der Waals surface area contributed by atoms with Gasteiger partial charge in [0.25, 0.3) is 0 Å². The Morgan fingerprint density at radius 2 is 1.35 bits per heavy atom. The molecule has 0 N–H and O–H groups in total. The van der Waals surface area contributed by atoms with E-state index < -0.39 is 17.0 Å². The monoisotopic (exact) mass is 254 g/mol. The number of carbonyl (C=O) groups is 2. The van der Waals surface area contributed by atoms with Gasteiger partial charge in [-0.05, 0) is 16.9 Å². The van der Waals surface area contributed by atoms with Crippen LogP contribution in [0.15, 0.2) is 22.3 Å². The molecule has 0 bridgehead atoms. The molecule has 94 valence electrons. The van der Waals surface area contributed by atoms with Gasteiger partial charge in [0.05, 0.1) is 0 Å². The average Bonchev–Trinajstić information content (AvgIpc) is 2.07. The number of carbonyl (C=O) groups excluding carboxylic acids is 2. The predicted molar refractivity (Wildman–Crippen MR) is 69.9 cm³/mol. The van der Waals surface area contributed by atoms with Crippen molar-refractivity contribution in [2.75, 3.05) is 0 Å². The number of hydrogen-bond acceptors (Lipinski definition) is 2. The van der Waals surface area contributed by atoms with Crippen LogP contribution in [0.1, 0.15) is 41.5 Å². The molecule has 0 fully saturated rings. The van der Waals surface area contributed by atoms with E-state index in [4.69, 9.17) is 11.6 Å². The quantitative estimate of drug-likeness (QED) is 0.488. The van der Waals surface area contributed by atoms with Crippen molar-refractivity contribution in [1.82, 2.24) is 0 Å². The maximum absolute atomic E-state index is 12.1. The minimum Gasteiger partial charge on any atom is -0.285 e. The Morgan fingerprint density at radius 3 is 1.71 bits per heavy atom. The van der Waals surface area contributed by atoms with Crippen molar-refractivity contribution < 1.29 is 9.59 Å². The Labute approximate surface area is 108 Å². The zero-order valence-corrected chi connectivity index (χ0v) is 12.0. The van der Waals surface area contributed by atoms with E-state index in [-0.39, 0.29) is 5.41 Å². The van der Waals surface area contributed by atoms with Crippen LogP contribution in [-0.2, 0) is 9.59 Å². The molecule has 3 heteroatoms. The molecule has 0 saturated heterocycles. The number of halogens is 1. The van der Waals surface area contributed by atoms with Crippen LogP contribution in [0.5, 0.6) is 0 Å². The van der Waals surface area contributed by atoms with Gasteiger partial charge in [-0.3, -0.25) is 9.59 Å². The summed E-state index contributed by atoms with van der Waals surface area (Å²) in [6, 6.07) is 0. The fourth-order valence-corrected chi connectivity index (χ4v) is 2.34. The number of ketones is 2. The van der Waals surface area contributed by atoms with E-state index in [1.165, 1.54) is 0 Å². The van der Waals surface area contributed by atoms with Gasteiger partial charge in [-0.2, -0.15) is 0 Å². The second-order valence-electron chi connectivity index (χ2n) is 6.44. The van der Waals surface area contributed by atoms with Crippen LogP contribution < -0.4 is 0 Å². The molecule has 0 aromatic carbocycles. The summed E-state index contributed by atoms with van der Waals surface area (Å²) in [6.45, 7) is 11.3. The smallest absolute Gasteiger partial charge is 0.231 e. The normalized spacial score (nSPS) is 18.6. The maximum Gasteiger partial charge on any atom is 0.231 e. The van der Waals surface area contributed by atoms with Gasteiger partial charge in [0, 0.05) is 16.2 Å². The molecule has 1 aliphatic rings. The highest BCUT2D eigenvalue weighted by molar-refractivity contribution is 6.53. The second kappa shape index (κ2) is 4.09. The molecular formula is C14H19ClO2. The van der Waals surface area contributed by atoms with E-state index in [1.807, 2.05) is 41.5 Å². The Balaban J connectivity index is 3.44. The van der Waals surface area contributed by atoms with E-state index >= 15 is 0 Å². The summed E-state index contributed by atoms with van der Waals surface area (Å²) in [7, 11) is 0. The minimum atomic E-state index is -0.463. The van der Waals surface area contributed by atoms with Crippen LogP contribution in [0.2, 0.25) is 0 Å². The van der Waals surface area contributed by atoms with Crippen molar-refractivity contribution in [2.24, 2.45) is 10.8 Å². The number of allylic oxidation sites excluding steroid dienone is 4. The lowest BCUT2D eigenvalue weighted by Crippen LogP contribution is -2.33. The third-order valence-electron chi connectivity index (χ3n) is 2.75. The van der Waals surface area contributed by atoms with Gasteiger partial charge in [0.1, 0.15) is 0 Å². The van der Waals surface area contributed by atoms with Crippen LogP contribution in [-0.4, -0.2) is 11.6 Å². The van der Waals surface area contributed by atoms with Crippen LogP contribution >= 0.6 is 11.6 Å². The van der Waals surface area contributed by atoms with E-state index in [0.29, 0.717) is 16.2 Å². The summed E-state index contributed by atoms with van der Waals surface area (Å²) in [5.74, 6) is -0.887. The molecule has 0 spiro atoms. The molecule has 0 atom stereocenters. The first kappa shape index (κ1) is 14.2. The molecule has 2 nitrogen and oxygen atoms in total. The van der Waals surface area contributed by atoms with E-state index in [0.717, 1.165) is 0 Å². The lowest BCUT2D eigenvalue weighted by Gasteiger charge is -2.29. The topological polar surface area (TPSA) is 34.1 Å².